The minimum absolute atomic E-state index is 0.0392. The molecule has 3 aromatic heterocycles. The van der Waals surface area contributed by atoms with Crippen molar-refractivity contribution in [2.45, 2.75) is 24.7 Å². The maximum absolute atomic E-state index is 14.7. The zero-order valence-electron chi connectivity index (χ0n) is 17.6. The van der Waals surface area contributed by atoms with Crippen LogP contribution in [0.5, 0.6) is 5.75 Å². The molecule has 0 aliphatic carbocycles. The van der Waals surface area contributed by atoms with Crippen molar-refractivity contribution in [1.29, 1.82) is 0 Å². The van der Waals surface area contributed by atoms with Crippen molar-refractivity contribution < 1.29 is 22.3 Å². The standard InChI is InChI=1S/C22H20F4N6O/c1-33-16-6-3-12-2-5-15(28-19(12)18(16)23)21-30-29-17-7-4-13(10-32(17)21)20(22(24,25)26)31-9-8-14(27)11-31/h2-7,10,14,20H,8-9,11,27H2,1H3/t14?,20-/m1/s1. The Morgan fingerprint density at radius 3 is 2.61 bits per heavy atom. The van der Waals surface area contributed by atoms with Gasteiger partial charge in [-0.2, -0.15) is 13.2 Å². The Bertz CT molecular complexity index is 1340. The van der Waals surface area contributed by atoms with Gasteiger partial charge in [-0.15, -0.1) is 10.2 Å². The molecule has 1 aliphatic heterocycles. The third kappa shape index (κ3) is 3.76. The van der Waals surface area contributed by atoms with Gasteiger partial charge in [0.15, 0.2) is 23.0 Å². The number of aromatic nitrogens is 4. The molecule has 33 heavy (non-hydrogen) atoms. The number of methoxy groups -OCH3 is 1. The Labute approximate surface area is 185 Å². The molecule has 4 heterocycles. The number of alkyl halides is 3. The lowest BCUT2D eigenvalue weighted by Gasteiger charge is -2.30. The summed E-state index contributed by atoms with van der Waals surface area (Å²) in [6.07, 6.45) is -2.63. The van der Waals surface area contributed by atoms with Gasteiger partial charge in [0, 0.05) is 30.7 Å². The van der Waals surface area contributed by atoms with Gasteiger partial charge in [-0.3, -0.25) is 9.30 Å². The fraction of sp³-hybridized carbons (Fsp3) is 0.318. The fourth-order valence-electron chi connectivity index (χ4n) is 4.32. The van der Waals surface area contributed by atoms with E-state index in [4.69, 9.17) is 10.5 Å². The molecule has 0 radical (unpaired) electrons. The zero-order chi connectivity index (χ0) is 23.3. The highest BCUT2D eigenvalue weighted by molar-refractivity contribution is 5.83. The highest BCUT2D eigenvalue weighted by Gasteiger charge is 2.46. The number of hydrogen-bond acceptors (Lipinski definition) is 6. The number of nitrogens with two attached hydrogens (primary N) is 1. The summed E-state index contributed by atoms with van der Waals surface area (Å²) in [6.45, 7) is 0.413. The Morgan fingerprint density at radius 1 is 1.12 bits per heavy atom. The molecule has 1 aromatic carbocycles. The molecule has 5 rings (SSSR count). The first-order valence-electron chi connectivity index (χ1n) is 10.3. The van der Waals surface area contributed by atoms with E-state index < -0.39 is 18.0 Å². The predicted octanol–water partition coefficient (Wildman–Crippen LogP) is 3.73. The van der Waals surface area contributed by atoms with E-state index in [1.807, 2.05) is 0 Å². The average Bonchev–Trinajstić information content (AvgIpc) is 3.39. The molecular formula is C22H20F4N6O. The van der Waals surface area contributed by atoms with Gasteiger partial charge in [0.25, 0.3) is 0 Å². The second-order valence-corrected chi connectivity index (χ2v) is 8.05. The summed E-state index contributed by atoms with van der Waals surface area (Å²) in [5.74, 6) is -0.388. The van der Waals surface area contributed by atoms with Gasteiger partial charge in [-0.25, -0.2) is 9.37 Å². The van der Waals surface area contributed by atoms with Crippen LogP contribution >= 0.6 is 0 Å². The topological polar surface area (TPSA) is 81.6 Å². The highest BCUT2D eigenvalue weighted by Crippen LogP contribution is 2.39. The summed E-state index contributed by atoms with van der Waals surface area (Å²) in [4.78, 5) is 5.70. The monoisotopic (exact) mass is 460 g/mol. The predicted molar refractivity (Wildman–Crippen MR) is 113 cm³/mol. The Balaban J connectivity index is 1.62. The summed E-state index contributed by atoms with van der Waals surface area (Å²) in [7, 11) is 1.35. The van der Waals surface area contributed by atoms with E-state index in [1.54, 1.807) is 18.2 Å². The number of ether oxygens (including phenoxy) is 1. The number of fused-ring (bicyclic) bond motifs is 2. The van der Waals surface area contributed by atoms with E-state index in [0.29, 0.717) is 17.5 Å². The second kappa shape index (κ2) is 7.92. The van der Waals surface area contributed by atoms with E-state index in [9.17, 15) is 17.6 Å². The molecule has 1 saturated heterocycles. The van der Waals surface area contributed by atoms with Crippen molar-refractivity contribution in [3.63, 3.8) is 0 Å². The maximum Gasteiger partial charge on any atom is 0.408 e. The Morgan fingerprint density at radius 2 is 1.91 bits per heavy atom. The normalized spacial score (nSPS) is 18.3. The number of rotatable bonds is 4. The van der Waals surface area contributed by atoms with Crippen LogP contribution in [0, 0.1) is 5.82 Å². The van der Waals surface area contributed by atoms with Crippen molar-refractivity contribution in [3.05, 3.63) is 54.0 Å². The minimum Gasteiger partial charge on any atom is -0.494 e. The first-order chi connectivity index (χ1) is 15.8. The molecule has 2 N–H and O–H groups in total. The molecule has 0 bridgehead atoms. The molecule has 0 saturated carbocycles. The van der Waals surface area contributed by atoms with Gasteiger partial charge in [-0.05, 0) is 36.2 Å². The highest BCUT2D eigenvalue weighted by atomic mass is 19.4. The molecule has 11 heteroatoms. The van der Waals surface area contributed by atoms with Crippen LogP contribution in [0.3, 0.4) is 0 Å². The third-order valence-corrected chi connectivity index (χ3v) is 5.89. The van der Waals surface area contributed by atoms with Crippen LogP contribution in [0.1, 0.15) is 18.0 Å². The molecule has 4 aromatic rings. The van der Waals surface area contributed by atoms with Crippen LogP contribution in [0.15, 0.2) is 42.6 Å². The van der Waals surface area contributed by atoms with E-state index in [0.717, 1.165) is 0 Å². The summed E-state index contributed by atoms with van der Waals surface area (Å²) in [5.41, 5.74) is 6.58. The van der Waals surface area contributed by atoms with Crippen LogP contribution in [0.2, 0.25) is 0 Å². The number of nitrogens with zero attached hydrogens (tertiary/aromatic N) is 5. The number of likely N-dealkylation sites (tertiary alicyclic amines) is 1. The molecular weight excluding hydrogens is 440 g/mol. The van der Waals surface area contributed by atoms with Gasteiger partial charge in [0.2, 0.25) is 0 Å². The SMILES string of the molecule is COc1ccc2ccc(-c3nnc4ccc([C@@H](N5CCC(N)C5)C(F)(F)F)cn34)nc2c1F. The lowest BCUT2D eigenvalue weighted by atomic mass is 10.1. The van der Waals surface area contributed by atoms with Crippen LogP contribution in [0.25, 0.3) is 28.1 Å². The average molecular weight is 460 g/mol. The van der Waals surface area contributed by atoms with Gasteiger partial charge in [-0.1, -0.05) is 12.1 Å². The number of halogens is 4. The summed E-state index contributed by atoms with van der Waals surface area (Å²) in [5, 5.41) is 8.69. The Hall–Kier alpha value is -3.31. The van der Waals surface area contributed by atoms with Crippen molar-refractivity contribution in [2.24, 2.45) is 5.73 Å². The van der Waals surface area contributed by atoms with Crippen LogP contribution in [-0.2, 0) is 0 Å². The zero-order valence-corrected chi connectivity index (χ0v) is 17.6. The molecule has 7 nitrogen and oxygen atoms in total. The van der Waals surface area contributed by atoms with Crippen LogP contribution in [0.4, 0.5) is 17.6 Å². The Kier molecular flexibility index (Phi) is 5.17. The van der Waals surface area contributed by atoms with Crippen molar-refractivity contribution in [2.75, 3.05) is 20.2 Å². The quantitative estimate of drug-likeness (QED) is 0.468. The number of benzene rings is 1. The fourth-order valence-corrected chi connectivity index (χ4v) is 4.32. The van der Waals surface area contributed by atoms with Gasteiger partial charge in [0.05, 0.1) is 7.11 Å². The lowest BCUT2D eigenvalue weighted by Crippen LogP contribution is -2.38. The van der Waals surface area contributed by atoms with Gasteiger partial charge >= 0.3 is 6.18 Å². The number of hydrogen-bond donors (Lipinski definition) is 1. The molecule has 0 amide bonds. The molecule has 1 aliphatic rings. The number of pyridine rings is 2. The van der Waals surface area contributed by atoms with Gasteiger partial charge < -0.3 is 10.5 Å². The summed E-state index contributed by atoms with van der Waals surface area (Å²) in [6, 6.07) is 7.23. The summed E-state index contributed by atoms with van der Waals surface area (Å²) >= 11 is 0. The van der Waals surface area contributed by atoms with Crippen LogP contribution in [-0.4, -0.2) is 56.9 Å². The van der Waals surface area contributed by atoms with Crippen molar-refractivity contribution in [1.82, 2.24) is 24.5 Å². The van der Waals surface area contributed by atoms with Crippen LogP contribution < -0.4 is 10.5 Å². The van der Waals surface area contributed by atoms with E-state index in [1.165, 1.54) is 40.8 Å². The van der Waals surface area contributed by atoms with E-state index >= 15 is 0 Å². The maximum atomic E-state index is 14.7. The first kappa shape index (κ1) is 21.5. The van der Waals surface area contributed by atoms with Crippen molar-refractivity contribution in [3.8, 4) is 17.3 Å². The summed E-state index contributed by atoms with van der Waals surface area (Å²) < 4.78 is 63.3. The lowest BCUT2D eigenvalue weighted by molar-refractivity contribution is -0.183. The smallest absolute Gasteiger partial charge is 0.408 e. The largest absolute Gasteiger partial charge is 0.494 e. The second-order valence-electron chi connectivity index (χ2n) is 8.05. The van der Waals surface area contributed by atoms with E-state index in [-0.39, 0.29) is 47.5 Å². The van der Waals surface area contributed by atoms with Crippen molar-refractivity contribution >= 4 is 16.6 Å². The molecule has 2 atom stereocenters. The molecule has 0 spiro atoms. The molecule has 1 fully saturated rings. The minimum atomic E-state index is -4.49. The first-order valence-corrected chi connectivity index (χ1v) is 10.3. The molecule has 172 valence electrons. The van der Waals surface area contributed by atoms with E-state index in [2.05, 4.69) is 15.2 Å². The molecule has 1 unspecified atom stereocenters. The van der Waals surface area contributed by atoms with Gasteiger partial charge in [0.1, 0.15) is 17.3 Å². The third-order valence-electron chi connectivity index (χ3n) is 5.89.